The second kappa shape index (κ2) is 29.3. The van der Waals surface area contributed by atoms with Gasteiger partial charge in [-0.15, -0.1) is 0 Å². The number of pyridine rings is 2. The van der Waals surface area contributed by atoms with Gasteiger partial charge in [0, 0.05) is 128 Å². The number of methoxy groups -OCH3 is 3. The van der Waals surface area contributed by atoms with Gasteiger partial charge in [0.15, 0.2) is 34.5 Å². The Morgan fingerprint density at radius 3 is 1.27 bits per heavy atom. The van der Waals surface area contributed by atoms with E-state index in [4.69, 9.17) is 50.9 Å². The summed E-state index contributed by atoms with van der Waals surface area (Å²) in [4.78, 5) is 51.3. The number of hydrogen-bond acceptors (Lipinski definition) is 15. The van der Waals surface area contributed by atoms with Crippen molar-refractivity contribution in [1.82, 2.24) is 9.97 Å². The van der Waals surface area contributed by atoms with E-state index in [0.29, 0.717) is 117 Å². The summed E-state index contributed by atoms with van der Waals surface area (Å²) in [5.74, 6) is 4.51. The van der Waals surface area contributed by atoms with Gasteiger partial charge >= 0.3 is 0 Å². The third-order valence-corrected chi connectivity index (χ3v) is 15.1. The van der Waals surface area contributed by atoms with Gasteiger partial charge in [-0.1, -0.05) is 42.5 Å². The summed E-state index contributed by atoms with van der Waals surface area (Å²) in [6.07, 6.45) is 10.5. The Morgan fingerprint density at radius 1 is 0.465 bits per heavy atom. The van der Waals surface area contributed by atoms with Crippen LogP contribution in [0.2, 0.25) is 0 Å². The highest BCUT2D eigenvalue weighted by Gasteiger charge is 2.35. The molecule has 8 aromatic rings. The molecule has 5 heterocycles. The molecule has 3 atom stereocenters. The van der Waals surface area contributed by atoms with Crippen molar-refractivity contribution in [2.24, 2.45) is 0 Å². The Hall–Kier alpha value is -10.3. The van der Waals surface area contributed by atoms with Crippen molar-refractivity contribution >= 4 is 51.8 Å². The number of carbonyl (C=O) groups excluding carboxylic acids is 3. The number of anilines is 6. The first-order chi connectivity index (χ1) is 41.9. The van der Waals surface area contributed by atoms with E-state index in [1.165, 1.54) is 0 Å². The molecule has 0 unspecified atom stereocenters. The average Bonchev–Trinajstić information content (AvgIpc) is 4.49. The van der Waals surface area contributed by atoms with Crippen LogP contribution < -0.4 is 60.3 Å². The number of benzene rings is 6. The van der Waals surface area contributed by atoms with Crippen LogP contribution in [0, 0.1) is 11.3 Å². The summed E-state index contributed by atoms with van der Waals surface area (Å²) < 4.78 is 34.2. The molecule has 6 N–H and O–H groups in total. The molecule has 18 nitrogen and oxygen atoms in total. The third-order valence-electron chi connectivity index (χ3n) is 15.1. The summed E-state index contributed by atoms with van der Waals surface area (Å²) in [6.45, 7) is 3.17. The van der Waals surface area contributed by atoms with Crippen molar-refractivity contribution in [2.75, 3.05) is 79.5 Å². The molecule has 3 saturated heterocycles. The first-order valence-corrected chi connectivity index (χ1v) is 28.4. The van der Waals surface area contributed by atoms with Gasteiger partial charge in [-0.3, -0.25) is 24.4 Å². The highest BCUT2D eigenvalue weighted by atomic mass is 16.5. The maximum atomic E-state index is 12.6. The summed E-state index contributed by atoms with van der Waals surface area (Å²) in [6, 6.07) is 49.6. The van der Waals surface area contributed by atoms with Crippen LogP contribution >= 0.6 is 0 Å². The average molecular weight is 1160 g/mol. The predicted octanol–water partition coefficient (Wildman–Crippen LogP) is 11.4. The highest BCUT2D eigenvalue weighted by molar-refractivity contribution is 5.98. The van der Waals surface area contributed by atoms with Crippen molar-refractivity contribution < 1.29 is 42.8 Å². The van der Waals surface area contributed by atoms with Crippen molar-refractivity contribution in [3.63, 3.8) is 0 Å². The second-order valence-electron chi connectivity index (χ2n) is 21.0. The highest BCUT2D eigenvalue weighted by Crippen LogP contribution is 2.40. The van der Waals surface area contributed by atoms with E-state index < -0.39 is 0 Å². The minimum absolute atomic E-state index is 0.0792. The first-order valence-electron chi connectivity index (χ1n) is 28.4. The van der Waals surface area contributed by atoms with Crippen LogP contribution in [0.25, 0.3) is 0 Å². The molecule has 18 heteroatoms. The molecular weight excluding hydrogens is 1090 g/mol. The van der Waals surface area contributed by atoms with Crippen molar-refractivity contribution in [2.45, 2.75) is 69.5 Å². The van der Waals surface area contributed by atoms with Crippen LogP contribution in [-0.2, 0) is 27.6 Å². The zero-order valence-corrected chi connectivity index (χ0v) is 48.6. The summed E-state index contributed by atoms with van der Waals surface area (Å²) in [7, 11) is 4.85. The number of carbonyl (C=O) groups is 3. The van der Waals surface area contributed by atoms with Gasteiger partial charge in [0.2, 0.25) is 17.7 Å². The summed E-state index contributed by atoms with van der Waals surface area (Å²) in [5, 5.41) is 8.61. The lowest BCUT2D eigenvalue weighted by Crippen LogP contribution is -2.24. The van der Waals surface area contributed by atoms with Gasteiger partial charge in [-0.25, -0.2) is 0 Å². The van der Waals surface area contributed by atoms with E-state index in [0.717, 1.165) is 57.7 Å². The fourth-order valence-corrected chi connectivity index (χ4v) is 10.6. The molecule has 0 spiro atoms. The maximum Gasteiger partial charge on any atom is 0.227 e. The Labute approximate surface area is 501 Å². The molecule has 0 radical (unpaired) electrons. The third kappa shape index (κ3) is 15.7. The molecule has 3 aliphatic rings. The van der Waals surface area contributed by atoms with E-state index in [-0.39, 0.29) is 35.5 Å². The number of nitrogen functional groups attached to an aromatic ring is 3. The topological polar surface area (TPSA) is 244 Å². The molecule has 0 bridgehead atoms. The Kier molecular flexibility index (Phi) is 20.6. The molecule has 3 fully saturated rings. The van der Waals surface area contributed by atoms with Gasteiger partial charge in [0.1, 0.15) is 13.2 Å². The van der Waals surface area contributed by atoms with Crippen LogP contribution in [0.4, 0.5) is 34.1 Å². The summed E-state index contributed by atoms with van der Waals surface area (Å²) >= 11 is 0. The molecule has 3 amide bonds. The number of ether oxygens (including phenoxy) is 6. The van der Waals surface area contributed by atoms with E-state index in [2.05, 4.69) is 16.0 Å². The van der Waals surface area contributed by atoms with Gasteiger partial charge in [-0.2, -0.15) is 5.26 Å². The van der Waals surface area contributed by atoms with E-state index in [9.17, 15) is 14.4 Å². The van der Waals surface area contributed by atoms with E-state index in [1.54, 1.807) is 60.8 Å². The molecule has 6 aromatic carbocycles. The molecule has 0 saturated carbocycles. The van der Waals surface area contributed by atoms with Crippen LogP contribution in [0.15, 0.2) is 176 Å². The number of rotatable bonds is 20. The maximum absolute atomic E-state index is 12.6. The number of hydrogen-bond donors (Lipinski definition) is 3. The van der Waals surface area contributed by atoms with Crippen molar-refractivity contribution in [3.05, 3.63) is 204 Å². The fourth-order valence-electron chi connectivity index (χ4n) is 10.6. The van der Waals surface area contributed by atoms with Crippen molar-refractivity contribution in [1.29, 1.82) is 5.26 Å². The largest absolute Gasteiger partial charge is 0.493 e. The number of nitrogens with zero attached hydrogens (tertiary/aromatic N) is 6. The lowest BCUT2D eigenvalue weighted by atomic mass is 9.98. The summed E-state index contributed by atoms with van der Waals surface area (Å²) in [5.41, 5.74) is 27.2. The number of nitrogens with two attached hydrogens (primary N) is 3. The minimum atomic E-state index is 0.0792. The molecule has 86 heavy (non-hydrogen) atoms. The zero-order chi connectivity index (χ0) is 60.4. The monoisotopic (exact) mass is 1160 g/mol. The molecule has 0 aliphatic carbocycles. The van der Waals surface area contributed by atoms with Gasteiger partial charge < -0.3 is 60.3 Å². The number of nitriles is 1. The molecule has 2 aromatic heterocycles. The van der Waals surface area contributed by atoms with Crippen molar-refractivity contribution in [3.8, 4) is 40.6 Å². The number of amides is 3. The molecule has 3 aliphatic heterocycles. The Bertz CT molecular complexity index is 3480. The lowest BCUT2D eigenvalue weighted by molar-refractivity contribution is -0.118. The van der Waals surface area contributed by atoms with Crippen LogP contribution in [-0.4, -0.2) is 75.3 Å². The Morgan fingerprint density at radius 2 is 0.884 bits per heavy atom. The number of unbranched alkanes of at least 4 members (excludes halogenated alkanes) is 2. The van der Waals surface area contributed by atoms with Crippen LogP contribution in [0.5, 0.6) is 34.5 Å². The Balaban J connectivity index is 0.000000154. The number of aromatic nitrogens is 2. The first kappa shape index (κ1) is 60.3. The fraction of sp³-hybridized carbons (Fsp3) is 0.265. The smallest absolute Gasteiger partial charge is 0.227 e. The quantitative estimate of drug-likeness (QED) is 0.0474. The normalized spacial score (nSPS) is 16.1. The lowest BCUT2D eigenvalue weighted by Gasteiger charge is -2.18. The molecule has 11 rings (SSSR count). The van der Waals surface area contributed by atoms with Crippen LogP contribution in [0.1, 0.15) is 84.1 Å². The predicted molar refractivity (Wildman–Crippen MR) is 333 cm³/mol. The van der Waals surface area contributed by atoms with Gasteiger partial charge in [0.05, 0.1) is 34.0 Å². The standard InChI is InChI=1S/2C23H23N3O3.C22H25N3O3/c1-28-21-8-7-17(10-22(21)29-15-16-4-3-9-25-13-16)18-11-23(27)26(14-18)20-6-2-5-19(24)12-20;1-28-21-6-5-17(11-22(21)29-15-16-7-9-25-10-8-16)18-12-23(27)26(14-18)20-4-2-3-19(24)13-20;1-27-20-9-8-16(12-21(20)28-11-4-2-3-10-23)17-13-22(26)25(15-17)19-7-5-6-18(24)14-19/h2-10,12-13,18H,11,14-15,24H2,1H3;2-11,13,18H,12,14-15,24H2,1H3;5-9,12,14,17H,2-4,11,13,15,24H2,1H3/t2*18-;17-/m000/s1. The second-order valence-corrected chi connectivity index (χ2v) is 21.0. The van der Waals surface area contributed by atoms with E-state index >= 15 is 0 Å². The zero-order valence-electron chi connectivity index (χ0n) is 48.6. The SMILES string of the molecule is COc1ccc([C@H]2CC(=O)N(c3cccc(N)c3)C2)cc1OCCCCC#N.COc1ccc([C@H]2CC(=O)N(c3cccc(N)c3)C2)cc1OCc1cccnc1.COc1ccc([C@H]2CC(=O)N(c3cccc(N)c3)C2)cc1OCc1ccncc1. The van der Waals surface area contributed by atoms with Gasteiger partial charge in [0.25, 0.3) is 0 Å². The van der Waals surface area contributed by atoms with Gasteiger partial charge in [-0.05, 0) is 144 Å². The molecule has 442 valence electrons. The van der Waals surface area contributed by atoms with E-state index in [1.807, 2.05) is 152 Å². The minimum Gasteiger partial charge on any atom is -0.493 e. The molecular formula is C68H71N9O9. The van der Waals surface area contributed by atoms with Crippen LogP contribution in [0.3, 0.4) is 0 Å².